The monoisotopic (exact) mass is 350 g/mol. The third-order valence-electron chi connectivity index (χ3n) is 3.47. The van der Waals surface area contributed by atoms with Crippen molar-refractivity contribution < 1.29 is 13.9 Å². The molecule has 1 amide bonds. The van der Waals surface area contributed by atoms with E-state index in [-0.39, 0.29) is 17.5 Å². The van der Waals surface area contributed by atoms with E-state index in [1.165, 1.54) is 16.7 Å². The summed E-state index contributed by atoms with van der Waals surface area (Å²) in [5, 5.41) is 9.25. The van der Waals surface area contributed by atoms with Crippen molar-refractivity contribution in [2.24, 2.45) is 0 Å². The van der Waals surface area contributed by atoms with Gasteiger partial charge < -0.3 is 14.1 Å². The molecule has 0 bridgehead atoms. The van der Waals surface area contributed by atoms with Crippen molar-refractivity contribution in [3.63, 3.8) is 0 Å². The standard InChI is InChI=1S/C14H14N4O3S2/c1-2-18-12(19)10(23-14(18)22)7-11-16-9(8-15)13(21-11)17-3-5-20-6-4-17/h7H,2-6H2,1H3. The number of anilines is 1. The van der Waals surface area contributed by atoms with Crippen LogP contribution in [0.4, 0.5) is 5.88 Å². The number of carbonyl (C=O) groups is 1. The van der Waals surface area contributed by atoms with Crippen LogP contribution in [-0.4, -0.2) is 53.0 Å². The molecule has 0 aliphatic carbocycles. The summed E-state index contributed by atoms with van der Waals surface area (Å²) in [7, 11) is 0. The third-order valence-corrected chi connectivity index (χ3v) is 4.85. The van der Waals surface area contributed by atoms with Gasteiger partial charge in [0.25, 0.3) is 5.91 Å². The molecular weight excluding hydrogens is 336 g/mol. The average molecular weight is 350 g/mol. The molecule has 0 N–H and O–H groups in total. The van der Waals surface area contributed by atoms with Crippen LogP contribution in [0.3, 0.4) is 0 Å². The molecule has 0 radical (unpaired) electrons. The highest BCUT2D eigenvalue weighted by Gasteiger charge is 2.31. The second-order valence-corrected chi connectivity index (χ2v) is 6.52. The molecule has 3 rings (SSSR count). The second-order valence-electron chi connectivity index (χ2n) is 4.84. The van der Waals surface area contributed by atoms with Gasteiger partial charge in [0.15, 0.2) is 0 Å². The van der Waals surface area contributed by atoms with Crippen LogP contribution in [-0.2, 0) is 9.53 Å². The molecule has 0 atom stereocenters. The zero-order valence-corrected chi connectivity index (χ0v) is 14.1. The van der Waals surface area contributed by atoms with Gasteiger partial charge in [-0.1, -0.05) is 24.0 Å². The maximum atomic E-state index is 12.2. The minimum absolute atomic E-state index is 0.160. The van der Waals surface area contributed by atoms with Crippen LogP contribution in [0.5, 0.6) is 0 Å². The number of oxazole rings is 1. The molecule has 120 valence electrons. The van der Waals surface area contributed by atoms with E-state index in [0.717, 1.165) is 0 Å². The number of carbonyl (C=O) groups excluding carboxylic acids is 1. The SMILES string of the molecule is CCN1C(=O)C(=Cc2nc(C#N)c(N3CCOCC3)o2)SC1=S. The highest BCUT2D eigenvalue weighted by atomic mass is 32.2. The number of hydrogen-bond acceptors (Lipinski definition) is 8. The van der Waals surface area contributed by atoms with Gasteiger partial charge in [0.2, 0.25) is 17.5 Å². The summed E-state index contributed by atoms with van der Waals surface area (Å²) in [5.41, 5.74) is 0.212. The number of thioether (sulfide) groups is 1. The number of nitrogens with zero attached hydrogens (tertiary/aromatic N) is 4. The Morgan fingerprint density at radius 3 is 2.83 bits per heavy atom. The smallest absolute Gasteiger partial charge is 0.266 e. The highest BCUT2D eigenvalue weighted by molar-refractivity contribution is 8.26. The van der Waals surface area contributed by atoms with Gasteiger partial charge in [0.05, 0.1) is 18.1 Å². The van der Waals surface area contributed by atoms with Crippen molar-refractivity contribution in [2.45, 2.75) is 6.92 Å². The van der Waals surface area contributed by atoms with Crippen LogP contribution in [0.15, 0.2) is 9.32 Å². The summed E-state index contributed by atoms with van der Waals surface area (Å²) in [6, 6.07) is 2.03. The van der Waals surface area contributed by atoms with E-state index in [2.05, 4.69) is 4.98 Å². The number of rotatable bonds is 3. The Hall–Kier alpha value is -1.89. The maximum absolute atomic E-state index is 12.2. The quantitative estimate of drug-likeness (QED) is 0.600. The number of thiocarbonyl (C=S) groups is 1. The topological polar surface area (TPSA) is 82.6 Å². The lowest BCUT2D eigenvalue weighted by atomic mass is 10.4. The predicted molar refractivity (Wildman–Crippen MR) is 89.8 cm³/mol. The Morgan fingerprint density at radius 2 is 2.22 bits per heavy atom. The third kappa shape index (κ3) is 3.10. The number of morpholine rings is 1. The van der Waals surface area contributed by atoms with Crippen LogP contribution in [0.25, 0.3) is 6.08 Å². The molecule has 1 aromatic rings. The van der Waals surface area contributed by atoms with Gasteiger partial charge in [-0.15, -0.1) is 0 Å². The van der Waals surface area contributed by atoms with Gasteiger partial charge in [-0.25, -0.2) is 0 Å². The lowest BCUT2D eigenvalue weighted by Crippen LogP contribution is -2.36. The molecule has 3 heterocycles. The minimum atomic E-state index is -0.160. The van der Waals surface area contributed by atoms with Gasteiger partial charge in [0.1, 0.15) is 10.4 Å². The van der Waals surface area contributed by atoms with Crippen molar-refractivity contribution in [3.05, 3.63) is 16.5 Å². The van der Waals surface area contributed by atoms with E-state index in [4.69, 9.17) is 21.4 Å². The summed E-state index contributed by atoms with van der Waals surface area (Å²) in [6.45, 7) is 4.83. The summed E-state index contributed by atoms with van der Waals surface area (Å²) in [6.07, 6.45) is 1.54. The first-order valence-corrected chi connectivity index (χ1v) is 8.35. The Labute approximate surface area is 142 Å². The zero-order valence-electron chi connectivity index (χ0n) is 12.4. The fourth-order valence-electron chi connectivity index (χ4n) is 2.33. The van der Waals surface area contributed by atoms with Crippen molar-refractivity contribution in [1.82, 2.24) is 9.88 Å². The predicted octanol–water partition coefficient (Wildman–Crippen LogP) is 1.60. The van der Waals surface area contributed by atoms with E-state index >= 15 is 0 Å². The van der Waals surface area contributed by atoms with Gasteiger partial charge in [0, 0.05) is 25.7 Å². The normalized spacial score (nSPS) is 20.4. The molecule has 0 unspecified atom stereocenters. The van der Waals surface area contributed by atoms with Gasteiger partial charge in [-0.3, -0.25) is 9.69 Å². The number of likely N-dealkylation sites (N-methyl/N-ethyl adjacent to an activating group) is 1. The molecular formula is C14H14N4O3S2. The lowest BCUT2D eigenvalue weighted by molar-refractivity contribution is -0.121. The molecule has 0 saturated carbocycles. The van der Waals surface area contributed by atoms with Crippen LogP contribution < -0.4 is 4.90 Å². The number of nitriles is 1. The first-order chi connectivity index (χ1) is 11.1. The van der Waals surface area contributed by atoms with E-state index in [1.807, 2.05) is 17.9 Å². The van der Waals surface area contributed by atoms with E-state index in [1.54, 1.807) is 6.08 Å². The number of hydrogen-bond donors (Lipinski definition) is 0. The largest absolute Gasteiger partial charge is 0.420 e. The summed E-state index contributed by atoms with van der Waals surface area (Å²) in [4.78, 5) is 20.3. The first-order valence-electron chi connectivity index (χ1n) is 7.13. The van der Waals surface area contributed by atoms with Gasteiger partial charge >= 0.3 is 0 Å². The lowest BCUT2D eigenvalue weighted by Gasteiger charge is -2.25. The molecule has 2 aliphatic rings. The fraction of sp³-hybridized carbons (Fsp3) is 0.429. The Morgan fingerprint density at radius 1 is 1.48 bits per heavy atom. The Balaban J connectivity index is 1.88. The molecule has 7 nitrogen and oxygen atoms in total. The van der Waals surface area contributed by atoms with Crippen LogP contribution in [0.1, 0.15) is 18.5 Å². The highest BCUT2D eigenvalue weighted by Crippen LogP contribution is 2.33. The van der Waals surface area contributed by atoms with E-state index in [0.29, 0.717) is 48.0 Å². The number of amides is 1. The summed E-state index contributed by atoms with van der Waals surface area (Å²) >= 11 is 6.38. The van der Waals surface area contributed by atoms with Gasteiger partial charge in [-0.05, 0) is 6.92 Å². The molecule has 0 aromatic carbocycles. The van der Waals surface area contributed by atoms with Gasteiger partial charge in [-0.2, -0.15) is 10.2 Å². The van der Waals surface area contributed by atoms with Crippen molar-refractivity contribution in [2.75, 3.05) is 37.7 Å². The Kier molecular flexibility index (Phi) is 4.66. The molecule has 2 fully saturated rings. The van der Waals surface area contributed by atoms with E-state index < -0.39 is 0 Å². The molecule has 9 heteroatoms. The molecule has 2 saturated heterocycles. The van der Waals surface area contributed by atoms with Crippen LogP contribution >= 0.6 is 24.0 Å². The zero-order chi connectivity index (χ0) is 16.4. The first kappa shape index (κ1) is 16.0. The maximum Gasteiger partial charge on any atom is 0.266 e. The number of aromatic nitrogens is 1. The molecule has 23 heavy (non-hydrogen) atoms. The molecule has 1 aromatic heterocycles. The van der Waals surface area contributed by atoms with E-state index in [9.17, 15) is 10.1 Å². The molecule has 0 spiro atoms. The molecule has 2 aliphatic heterocycles. The van der Waals surface area contributed by atoms with Crippen molar-refractivity contribution in [3.8, 4) is 6.07 Å². The van der Waals surface area contributed by atoms with Crippen molar-refractivity contribution >= 4 is 46.2 Å². The van der Waals surface area contributed by atoms with Crippen LogP contribution in [0, 0.1) is 11.3 Å². The Bertz CT molecular complexity index is 716. The fourth-order valence-corrected chi connectivity index (χ4v) is 3.68. The minimum Gasteiger partial charge on any atom is -0.420 e. The average Bonchev–Trinajstić information content (AvgIpc) is 3.09. The summed E-state index contributed by atoms with van der Waals surface area (Å²) in [5.74, 6) is 0.500. The summed E-state index contributed by atoms with van der Waals surface area (Å²) < 4.78 is 11.5. The van der Waals surface area contributed by atoms with Crippen LogP contribution in [0.2, 0.25) is 0 Å². The van der Waals surface area contributed by atoms with Crippen molar-refractivity contribution in [1.29, 1.82) is 5.26 Å². The number of ether oxygens (including phenoxy) is 1. The second kappa shape index (κ2) is 6.70.